The second-order valence-corrected chi connectivity index (χ2v) is 7.16. The standard InChI is InChI=1S/C19H13F3N4OS/c20-12-3-1-2-10(6-12)7-13-9-23-19(28-13)26-18(27)11-4-5-14-15(8-11)25-17(24-14)16(21)22/h1-6,8-9,16H,7H2,(H,24,25)(H,23,26,27). The Bertz CT molecular complexity index is 1160. The number of nitrogens with one attached hydrogen (secondary N) is 2. The molecular formula is C19H13F3N4OS. The van der Waals surface area contributed by atoms with E-state index >= 15 is 0 Å². The molecular weight excluding hydrogens is 389 g/mol. The van der Waals surface area contributed by atoms with Crippen LogP contribution in [-0.2, 0) is 6.42 Å². The zero-order valence-electron chi connectivity index (χ0n) is 14.2. The number of carbonyl (C=O) groups excluding carboxylic acids is 1. The summed E-state index contributed by atoms with van der Waals surface area (Å²) in [6.45, 7) is 0. The van der Waals surface area contributed by atoms with Crippen LogP contribution in [0.3, 0.4) is 0 Å². The number of aromatic amines is 1. The van der Waals surface area contributed by atoms with Gasteiger partial charge in [0.15, 0.2) is 11.0 Å². The number of carbonyl (C=O) groups is 1. The van der Waals surface area contributed by atoms with E-state index in [1.54, 1.807) is 12.3 Å². The van der Waals surface area contributed by atoms with Crippen molar-refractivity contribution < 1.29 is 18.0 Å². The van der Waals surface area contributed by atoms with E-state index in [2.05, 4.69) is 20.3 Å². The van der Waals surface area contributed by atoms with Crippen LogP contribution in [-0.4, -0.2) is 20.9 Å². The third kappa shape index (κ3) is 3.89. The first-order valence-electron chi connectivity index (χ1n) is 8.26. The molecule has 0 fully saturated rings. The fourth-order valence-corrected chi connectivity index (χ4v) is 3.58. The second-order valence-electron chi connectivity index (χ2n) is 6.05. The van der Waals surface area contributed by atoms with Crippen LogP contribution in [0.15, 0.2) is 48.7 Å². The Labute approximate surface area is 161 Å². The van der Waals surface area contributed by atoms with E-state index in [1.165, 1.54) is 41.7 Å². The van der Waals surface area contributed by atoms with Gasteiger partial charge >= 0.3 is 0 Å². The van der Waals surface area contributed by atoms with Crippen LogP contribution in [0.1, 0.15) is 33.0 Å². The van der Waals surface area contributed by atoms with Gasteiger partial charge in [0.1, 0.15) is 5.82 Å². The summed E-state index contributed by atoms with van der Waals surface area (Å²) in [5.74, 6) is -1.16. The van der Waals surface area contributed by atoms with E-state index in [0.717, 1.165) is 10.4 Å². The number of halogens is 3. The number of aromatic nitrogens is 3. The van der Waals surface area contributed by atoms with E-state index < -0.39 is 18.2 Å². The minimum Gasteiger partial charge on any atom is -0.337 e. The van der Waals surface area contributed by atoms with Crippen LogP contribution in [0.5, 0.6) is 0 Å². The normalized spacial score (nSPS) is 11.3. The lowest BCUT2D eigenvalue weighted by Gasteiger charge is -2.01. The van der Waals surface area contributed by atoms with Crippen LogP contribution in [0, 0.1) is 5.82 Å². The van der Waals surface area contributed by atoms with Crippen molar-refractivity contribution in [2.24, 2.45) is 0 Å². The molecule has 0 unspecified atom stereocenters. The summed E-state index contributed by atoms with van der Waals surface area (Å²) in [7, 11) is 0. The van der Waals surface area contributed by atoms with Crippen molar-refractivity contribution in [3.8, 4) is 0 Å². The van der Waals surface area contributed by atoms with Crippen LogP contribution >= 0.6 is 11.3 Å². The maximum absolute atomic E-state index is 13.3. The summed E-state index contributed by atoms with van der Waals surface area (Å²) in [5, 5.41) is 3.08. The molecule has 5 nitrogen and oxygen atoms in total. The van der Waals surface area contributed by atoms with E-state index in [9.17, 15) is 18.0 Å². The molecule has 28 heavy (non-hydrogen) atoms. The van der Waals surface area contributed by atoms with Crippen LogP contribution in [0.25, 0.3) is 11.0 Å². The minimum atomic E-state index is -2.71. The highest BCUT2D eigenvalue weighted by molar-refractivity contribution is 7.15. The maximum atomic E-state index is 13.3. The lowest BCUT2D eigenvalue weighted by Crippen LogP contribution is -2.11. The quantitative estimate of drug-likeness (QED) is 0.497. The monoisotopic (exact) mass is 402 g/mol. The van der Waals surface area contributed by atoms with Gasteiger partial charge in [0, 0.05) is 23.1 Å². The first kappa shape index (κ1) is 18.2. The molecule has 2 aromatic carbocycles. The van der Waals surface area contributed by atoms with Crippen LogP contribution in [0.4, 0.5) is 18.3 Å². The Balaban J connectivity index is 1.47. The molecule has 0 bridgehead atoms. The molecule has 4 rings (SSSR count). The summed E-state index contributed by atoms with van der Waals surface area (Å²) >= 11 is 1.28. The Morgan fingerprint density at radius 3 is 2.86 bits per heavy atom. The van der Waals surface area contributed by atoms with Crippen molar-refractivity contribution in [3.63, 3.8) is 0 Å². The van der Waals surface area contributed by atoms with Gasteiger partial charge < -0.3 is 4.98 Å². The molecule has 2 heterocycles. The van der Waals surface area contributed by atoms with Gasteiger partial charge in [-0.1, -0.05) is 12.1 Å². The number of H-pyrrole nitrogens is 1. The SMILES string of the molecule is O=C(Nc1ncc(Cc2cccc(F)c2)s1)c1ccc2nc(C(F)F)[nH]c2c1. The predicted octanol–water partition coefficient (Wildman–Crippen LogP) is 4.94. The van der Waals surface area contributed by atoms with Crippen molar-refractivity contribution in [1.29, 1.82) is 0 Å². The van der Waals surface area contributed by atoms with E-state index in [1.807, 2.05) is 6.07 Å². The Kier molecular flexibility index (Phi) is 4.82. The minimum absolute atomic E-state index is 0.291. The Hall–Kier alpha value is -3.20. The number of nitrogens with zero attached hydrogens (tertiary/aromatic N) is 2. The average Bonchev–Trinajstić information content (AvgIpc) is 3.27. The first-order chi connectivity index (χ1) is 13.5. The van der Waals surface area contributed by atoms with Gasteiger partial charge in [0.05, 0.1) is 11.0 Å². The second kappa shape index (κ2) is 7.43. The fourth-order valence-electron chi connectivity index (χ4n) is 2.74. The van der Waals surface area contributed by atoms with Gasteiger partial charge in [0.2, 0.25) is 0 Å². The van der Waals surface area contributed by atoms with E-state index in [4.69, 9.17) is 0 Å². The van der Waals surface area contributed by atoms with Crippen LogP contribution < -0.4 is 5.32 Å². The van der Waals surface area contributed by atoms with E-state index in [-0.39, 0.29) is 5.82 Å². The zero-order valence-corrected chi connectivity index (χ0v) is 15.1. The summed E-state index contributed by atoms with van der Waals surface area (Å²) < 4.78 is 38.7. The number of thiazole rings is 1. The smallest absolute Gasteiger partial charge is 0.295 e. The molecule has 2 aromatic heterocycles. The molecule has 0 saturated heterocycles. The third-order valence-electron chi connectivity index (χ3n) is 4.01. The third-order valence-corrected chi connectivity index (χ3v) is 4.92. The topological polar surface area (TPSA) is 70.7 Å². The number of benzene rings is 2. The number of alkyl halides is 2. The highest BCUT2D eigenvalue weighted by atomic mass is 32.1. The Morgan fingerprint density at radius 1 is 1.21 bits per heavy atom. The van der Waals surface area contributed by atoms with Gasteiger partial charge in [-0.05, 0) is 35.9 Å². The molecule has 0 spiro atoms. The Morgan fingerprint density at radius 2 is 2.07 bits per heavy atom. The molecule has 2 N–H and O–H groups in total. The zero-order chi connectivity index (χ0) is 19.7. The first-order valence-corrected chi connectivity index (χ1v) is 9.08. The largest absolute Gasteiger partial charge is 0.337 e. The highest BCUT2D eigenvalue weighted by Gasteiger charge is 2.15. The molecule has 0 aliphatic heterocycles. The van der Waals surface area contributed by atoms with Gasteiger partial charge in [0.25, 0.3) is 12.3 Å². The fraction of sp³-hybridized carbons (Fsp3) is 0.105. The van der Waals surface area contributed by atoms with Crippen molar-refractivity contribution >= 4 is 33.4 Å². The number of hydrogen-bond donors (Lipinski definition) is 2. The number of fused-ring (bicyclic) bond motifs is 1. The molecule has 4 aromatic rings. The summed E-state index contributed by atoms with van der Waals surface area (Å²) in [5.41, 5.74) is 1.81. The summed E-state index contributed by atoms with van der Waals surface area (Å²) in [6, 6.07) is 10.8. The molecule has 0 radical (unpaired) electrons. The molecule has 0 atom stereocenters. The number of hydrogen-bond acceptors (Lipinski definition) is 4. The van der Waals surface area contributed by atoms with Crippen LogP contribution in [0.2, 0.25) is 0 Å². The van der Waals surface area contributed by atoms with Crippen molar-refractivity contribution in [2.45, 2.75) is 12.8 Å². The molecule has 0 aliphatic carbocycles. The average molecular weight is 402 g/mol. The number of anilines is 1. The molecule has 0 aliphatic rings. The summed E-state index contributed by atoms with van der Waals surface area (Å²) in [6.07, 6.45) is -0.587. The van der Waals surface area contributed by atoms with E-state index in [0.29, 0.717) is 28.1 Å². The number of rotatable bonds is 5. The lowest BCUT2D eigenvalue weighted by molar-refractivity contribution is 0.102. The molecule has 142 valence electrons. The number of amides is 1. The van der Waals surface area contributed by atoms with Gasteiger partial charge in [-0.2, -0.15) is 0 Å². The highest BCUT2D eigenvalue weighted by Crippen LogP contribution is 2.24. The molecule has 1 amide bonds. The van der Waals surface area contributed by atoms with Gasteiger partial charge in [-0.15, -0.1) is 11.3 Å². The van der Waals surface area contributed by atoms with Gasteiger partial charge in [-0.3, -0.25) is 10.1 Å². The lowest BCUT2D eigenvalue weighted by atomic mass is 10.1. The molecule has 0 saturated carbocycles. The van der Waals surface area contributed by atoms with Crippen molar-refractivity contribution in [3.05, 3.63) is 76.3 Å². The number of imidazole rings is 1. The summed E-state index contributed by atoms with van der Waals surface area (Å²) in [4.78, 5) is 23.7. The predicted molar refractivity (Wildman–Crippen MR) is 100 cm³/mol. The maximum Gasteiger partial charge on any atom is 0.295 e. The van der Waals surface area contributed by atoms with Crippen molar-refractivity contribution in [1.82, 2.24) is 15.0 Å². The van der Waals surface area contributed by atoms with Gasteiger partial charge in [-0.25, -0.2) is 23.1 Å². The van der Waals surface area contributed by atoms with Crippen molar-refractivity contribution in [2.75, 3.05) is 5.32 Å². The molecule has 9 heteroatoms.